The van der Waals surface area contributed by atoms with Gasteiger partial charge in [-0.25, -0.2) is 24.2 Å². The molecule has 0 bridgehead atoms. The van der Waals surface area contributed by atoms with Crippen molar-refractivity contribution < 1.29 is 70.9 Å². The Kier molecular flexibility index (Phi) is 23.7. The lowest BCUT2D eigenvalue weighted by atomic mass is 10.1. The number of nitrogens with one attached hydrogen (secondary N) is 4. The van der Waals surface area contributed by atoms with Crippen molar-refractivity contribution in [3.05, 3.63) is 28.8 Å². The second-order valence-electron chi connectivity index (χ2n) is 19.2. The summed E-state index contributed by atoms with van der Waals surface area (Å²) >= 11 is 5.66. The monoisotopic (exact) mass is 964 g/mol. The van der Waals surface area contributed by atoms with Gasteiger partial charge >= 0.3 is 31.6 Å². The molecule has 1 unspecified atom stereocenters. The zero-order valence-electron chi connectivity index (χ0n) is 39.8. The standard InChI is InChI=1S/C43H70ClFN5O14P/c1-40(2,3)61-34(53)22-20-31(39(58)63-42(7,8)9)50-65(59,64-43(10,11)12)60-24-16-17-30(38(57)62-41(4,5)6)49-33(52)21-19-29(37(55)56)48-32(51)18-14-13-15-23-46-36(54)27-25-28(44)35(45)47-26-27/h25-26,29-31H,13-24H2,1-12H3,(H,46,54)(H,48,51)(H,49,52)(H,50,59)(H,55,56)/t29-,30-,31-,65?/m0/s1/i45-1. The Labute approximate surface area is 386 Å². The van der Waals surface area contributed by atoms with E-state index in [2.05, 4.69) is 26.0 Å². The van der Waals surface area contributed by atoms with Gasteiger partial charge in [0.2, 0.25) is 17.8 Å². The molecule has 5 N–H and O–H groups in total. The molecule has 1 rings (SSSR count). The summed E-state index contributed by atoms with van der Waals surface area (Å²) in [5, 5.41) is 19.7. The number of pyridine rings is 1. The molecule has 0 aliphatic heterocycles. The summed E-state index contributed by atoms with van der Waals surface area (Å²) in [5.41, 5.74) is -3.64. The molecular weight excluding hydrogens is 895 g/mol. The van der Waals surface area contributed by atoms with Crippen LogP contribution in [0.2, 0.25) is 5.02 Å². The molecule has 1 heterocycles. The highest BCUT2D eigenvalue weighted by Crippen LogP contribution is 2.48. The van der Waals surface area contributed by atoms with Crippen molar-refractivity contribution in [1.82, 2.24) is 26.0 Å². The maximum Gasteiger partial charge on any atom is 0.406 e. The van der Waals surface area contributed by atoms with E-state index in [1.165, 1.54) is 0 Å². The molecule has 0 fully saturated rings. The second-order valence-corrected chi connectivity index (χ2v) is 21.3. The number of carboxylic acid groups (broad SMARTS) is 1. The molecule has 65 heavy (non-hydrogen) atoms. The van der Waals surface area contributed by atoms with Gasteiger partial charge in [0.15, 0.2) is 0 Å². The lowest BCUT2D eigenvalue weighted by Gasteiger charge is -2.31. The van der Waals surface area contributed by atoms with Crippen molar-refractivity contribution in [3.8, 4) is 0 Å². The van der Waals surface area contributed by atoms with Crippen LogP contribution in [0.1, 0.15) is 158 Å². The number of carbonyl (C=O) groups excluding carboxylic acids is 6. The number of ether oxygens (including phenoxy) is 3. The summed E-state index contributed by atoms with van der Waals surface area (Å²) in [4.78, 5) is 92.4. The third-order valence-electron chi connectivity index (χ3n) is 8.10. The number of unbranched alkanes of at least 4 members (excludes halogenated alkanes) is 2. The highest BCUT2D eigenvalue weighted by atomic mass is 35.5. The van der Waals surface area contributed by atoms with E-state index in [-0.39, 0.29) is 62.3 Å². The van der Waals surface area contributed by atoms with Crippen LogP contribution in [-0.4, -0.2) is 105 Å². The summed E-state index contributed by atoms with van der Waals surface area (Å²) in [6.45, 7) is 19.7. The van der Waals surface area contributed by atoms with Crippen molar-refractivity contribution in [1.29, 1.82) is 0 Å². The predicted molar refractivity (Wildman–Crippen MR) is 238 cm³/mol. The van der Waals surface area contributed by atoms with Crippen LogP contribution < -0.4 is 21.0 Å². The Balaban J connectivity index is 2.91. The van der Waals surface area contributed by atoms with Crippen molar-refractivity contribution in [3.63, 3.8) is 0 Å². The van der Waals surface area contributed by atoms with Gasteiger partial charge in [0.05, 0.1) is 22.8 Å². The van der Waals surface area contributed by atoms with Crippen LogP contribution in [-0.2, 0) is 56.6 Å². The number of aromatic nitrogens is 1. The molecule has 0 aliphatic carbocycles. The number of hydrogen-bond donors (Lipinski definition) is 5. The zero-order valence-corrected chi connectivity index (χ0v) is 41.4. The normalized spacial score (nSPS) is 14.5. The first kappa shape index (κ1) is 58.8. The first-order valence-corrected chi connectivity index (χ1v) is 23.4. The Bertz CT molecular complexity index is 1840. The number of carbonyl (C=O) groups is 7. The van der Waals surface area contributed by atoms with E-state index < -0.39 is 102 Å². The lowest BCUT2D eigenvalue weighted by molar-refractivity contribution is -0.160. The topological polar surface area (TPSA) is 264 Å². The molecule has 1 aromatic rings. The fourth-order valence-corrected chi connectivity index (χ4v) is 7.55. The molecule has 0 spiro atoms. The molecule has 3 amide bonds. The van der Waals surface area contributed by atoms with Crippen LogP contribution in [0.3, 0.4) is 0 Å². The number of aliphatic carboxylic acids is 1. The van der Waals surface area contributed by atoms with Gasteiger partial charge in [-0.15, -0.1) is 0 Å². The molecule has 0 radical (unpaired) electrons. The smallest absolute Gasteiger partial charge is 0.406 e. The highest BCUT2D eigenvalue weighted by Gasteiger charge is 2.38. The molecule has 0 aliphatic rings. The molecular formula is C43H70ClFN5O14P. The quantitative estimate of drug-likeness (QED) is 0.0219. The summed E-state index contributed by atoms with van der Waals surface area (Å²) in [5.74, 6) is -6.26. The Morgan fingerprint density at radius 2 is 1.25 bits per heavy atom. The van der Waals surface area contributed by atoms with Gasteiger partial charge in [0.25, 0.3) is 5.91 Å². The van der Waals surface area contributed by atoms with Gasteiger partial charge < -0.3 is 35.3 Å². The Morgan fingerprint density at radius 1 is 0.708 bits per heavy atom. The second kappa shape index (κ2) is 26.2. The first-order valence-electron chi connectivity index (χ1n) is 21.5. The molecule has 19 nitrogen and oxygen atoms in total. The average molecular weight is 965 g/mol. The van der Waals surface area contributed by atoms with Crippen molar-refractivity contribution in [2.75, 3.05) is 13.2 Å². The van der Waals surface area contributed by atoms with E-state index >= 15 is 0 Å². The number of carboxylic acids is 1. The van der Waals surface area contributed by atoms with Crippen molar-refractivity contribution in [2.24, 2.45) is 0 Å². The maximum absolute atomic E-state index is 14.2. The number of hydrogen-bond acceptors (Lipinski definition) is 14. The minimum Gasteiger partial charge on any atom is -0.480 e. The van der Waals surface area contributed by atoms with Gasteiger partial charge in [0.1, 0.15) is 34.9 Å². The van der Waals surface area contributed by atoms with Crippen LogP contribution in [0.4, 0.5) is 4.39 Å². The van der Waals surface area contributed by atoms with Gasteiger partial charge in [-0.1, -0.05) is 18.0 Å². The summed E-state index contributed by atoms with van der Waals surface area (Å²) < 4.78 is 55.5. The number of esters is 3. The molecule has 0 saturated heterocycles. The van der Waals surface area contributed by atoms with E-state index in [4.69, 9.17) is 34.9 Å². The molecule has 4 atom stereocenters. The van der Waals surface area contributed by atoms with Crippen LogP contribution in [0, 0.1) is 5.95 Å². The van der Waals surface area contributed by atoms with Crippen LogP contribution >= 0.6 is 19.3 Å². The minimum atomic E-state index is -4.36. The van der Waals surface area contributed by atoms with Gasteiger partial charge in [-0.3, -0.25) is 33.0 Å². The lowest BCUT2D eigenvalue weighted by Crippen LogP contribution is -2.45. The van der Waals surface area contributed by atoms with E-state index in [1.54, 1.807) is 83.1 Å². The minimum absolute atomic E-state index is 0.000837. The van der Waals surface area contributed by atoms with E-state index in [0.29, 0.717) is 19.3 Å². The number of rotatable bonds is 26. The number of halogens is 2. The van der Waals surface area contributed by atoms with Gasteiger partial charge in [0, 0.05) is 32.0 Å². The van der Waals surface area contributed by atoms with Crippen LogP contribution in [0.25, 0.3) is 0 Å². The van der Waals surface area contributed by atoms with Crippen molar-refractivity contribution in [2.45, 2.75) is 188 Å². The molecule has 370 valence electrons. The van der Waals surface area contributed by atoms with Crippen molar-refractivity contribution >= 4 is 60.9 Å². The van der Waals surface area contributed by atoms with Crippen LogP contribution in [0.15, 0.2) is 12.3 Å². The highest BCUT2D eigenvalue weighted by molar-refractivity contribution is 7.51. The Morgan fingerprint density at radius 3 is 1.78 bits per heavy atom. The first-order chi connectivity index (χ1) is 29.7. The third-order valence-corrected chi connectivity index (χ3v) is 10.3. The fourth-order valence-electron chi connectivity index (χ4n) is 5.50. The summed E-state index contributed by atoms with van der Waals surface area (Å²) in [6.07, 6.45) is 1.18. The average Bonchev–Trinajstić information content (AvgIpc) is 3.12. The largest absolute Gasteiger partial charge is 0.480 e. The van der Waals surface area contributed by atoms with Crippen LogP contribution in [0.5, 0.6) is 0 Å². The fraction of sp³-hybridized carbons (Fsp3) is 0.721. The van der Waals surface area contributed by atoms with E-state index in [1.807, 2.05) is 0 Å². The molecule has 0 saturated carbocycles. The molecule has 22 heteroatoms. The number of nitrogens with zero attached hydrogens (tertiary/aromatic N) is 1. The predicted octanol–water partition coefficient (Wildman–Crippen LogP) is 6.48. The van der Waals surface area contributed by atoms with Gasteiger partial charge in [-0.2, -0.15) is 4.39 Å². The maximum atomic E-state index is 14.2. The van der Waals surface area contributed by atoms with E-state index in [9.17, 15) is 47.6 Å². The summed E-state index contributed by atoms with van der Waals surface area (Å²) in [7, 11) is -4.36. The number of amides is 3. The van der Waals surface area contributed by atoms with Gasteiger partial charge in [-0.05, 0) is 128 Å². The summed E-state index contributed by atoms with van der Waals surface area (Å²) in [6, 6.07) is -2.85. The third kappa shape index (κ3) is 27.1. The molecule has 1 aromatic heterocycles. The van der Waals surface area contributed by atoms with E-state index in [0.717, 1.165) is 12.3 Å². The zero-order chi connectivity index (χ0) is 50.0. The molecule has 0 aromatic carbocycles. The Hall–Kier alpha value is -4.23. The SMILES string of the molecule is CC(C)(C)OC(=O)CC[C@H](NP(=O)(OCCC[C@H](NC(=O)CC[C@H](NC(=O)CCCCCNC(=O)c1cnc([18F])c(Cl)c1)C(=O)O)C(=O)OC(C)(C)C)OC(C)(C)C)C(=O)OC(C)(C)C.